The molecular weight excluding hydrogens is 230 g/mol. The highest BCUT2D eigenvalue weighted by molar-refractivity contribution is 6.31. The Kier molecular flexibility index (Phi) is 2.37. The molecule has 2 aliphatic rings. The van der Waals surface area contributed by atoms with E-state index in [1.54, 1.807) is 0 Å². The van der Waals surface area contributed by atoms with E-state index in [2.05, 4.69) is 10.2 Å². The van der Waals surface area contributed by atoms with Gasteiger partial charge in [0.1, 0.15) is 18.9 Å². The second-order valence-electron chi connectivity index (χ2n) is 4.09. The quantitative estimate of drug-likeness (QED) is 0.846. The molecule has 1 aliphatic carbocycles. The first-order valence-electron chi connectivity index (χ1n) is 5.34. The highest BCUT2D eigenvalue weighted by Gasteiger charge is 2.35. The second-order valence-corrected chi connectivity index (χ2v) is 4.45. The van der Waals surface area contributed by atoms with Crippen molar-refractivity contribution in [3.8, 4) is 11.5 Å². The first-order valence-corrected chi connectivity index (χ1v) is 5.72. The van der Waals surface area contributed by atoms with Gasteiger partial charge < -0.3 is 15.2 Å². The maximum Gasteiger partial charge on any atom is 0.202 e. The lowest BCUT2D eigenvalue weighted by molar-refractivity contribution is 0.166. The van der Waals surface area contributed by atoms with Crippen molar-refractivity contribution in [3.05, 3.63) is 10.8 Å². The van der Waals surface area contributed by atoms with Gasteiger partial charge in [-0.3, -0.25) is 0 Å². The van der Waals surface area contributed by atoms with Crippen molar-refractivity contribution in [3.63, 3.8) is 0 Å². The van der Waals surface area contributed by atoms with E-state index in [1.807, 2.05) is 0 Å². The lowest BCUT2D eigenvalue weighted by Gasteiger charge is -2.22. The molecule has 0 spiro atoms. The van der Waals surface area contributed by atoms with Gasteiger partial charge in [0.2, 0.25) is 5.75 Å². The fourth-order valence-corrected chi connectivity index (χ4v) is 2.03. The number of rotatable bonds is 2. The third-order valence-corrected chi connectivity index (χ3v) is 3.14. The van der Waals surface area contributed by atoms with Crippen LogP contribution in [0, 0.1) is 5.92 Å². The van der Waals surface area contributed by atoms with Gasteiger partial charge in [0.15, 0.2) is 10.9 Å². The zero-order chi connectivity index (χ0) is 11.1. The number of aromatic nitrogens is 2. The molecule has 1 aromatic rings. The molecule has 0 radical (unpaired) electrons. The van der Waals surface area contributed by atoms with Gasteiger partial charge in [-0.05, 0) is 18.8 Å². The Balaban J connectivity index is 2.03. The molecule has 0 bridgehead atoms. The summed E-state index contributed by atoms with van der Waals surface area (Å²) in [5.41, 5.74) is 6.76. The standard InChI is InChI=1S/C10H12ClN3O2/c11-10-9-8(15-3-4-16-9)7(13-14-10)6(12)5-1-2-5/h5-6H,1-4,12H2. The lowest BCUT2D eigenvalue weighted by Crippen LogP contribution is -2.22. The summed E-state index contributed by atoms with van der Waals surface area (Å²) in [7, 11) is 0. The van der Waals surface area contributed by atoms with Crippen LogP contribution in [0.25, 0.3) is 0 Å². The second kappa shape index (κ2) is 3.75. The zero-order valence-electron chi connectivity index (χ0n) is 8.65. The summed E-state index contributed by atoms with van der Waals surface area (Å²) in [4.78, 5) is 0. The van der Waals surface area contributed by atoms with E-state index in [4.69, 9.17) is 26.8 Å². The molecule has 86 valence electrons. The molecule has 6 heteroatoms. The first-order chi connectivity index (χ1) is 7.77. The Labute approximate surface area is 97.9 Å². The van der Waals surface area contributed by atoms with Gasteiger partial charge in [-0.1, -0.05) is 11.6 Å². The molecule has 1 aliphatic heterocycles. The van der Waals surface area contributed by atoms with Crippen molar-refractivity contribution in [2.24, 2.45) is 11.7 Å². The third kappa shape index (κ3) is 1.60. The van der Waals surface area contributed by atoms with Crippen LogP contribution < -0.4 is 15.2 Å². The SMILES string of the molecule is NC(c1nnc(Cl)c2c1OCCO2)C1CC1. The van der Waals surface area contributed by atoms with Crippen molar-refractivity contribution in [2.75, 3.05) is 13.2 Å². The minimum Gasteiger partial charge on any atom is -0.484 e. The highest BCUT2D eigenvalue weighted by atomic mass is 35.5. The molecule has 1 saturated carbocycles. The monoisotopic (exact) mass is 241 g/mol. The Morgan fingerprint density at radius 2 is 1.88 bits per heavy atom. The topological polar surface area (TPSA) is 70.3 Å². The van der Waals surface area contributed by atoms with Gasteiger partial charge in [-0.25, -0.2) is 0 Å². The highest BCUT2D eigenvalue weighted by Crippen LogP contribution is 2.45. The molecule has 5 nitrogen and oxygen atoms in total. The number of hydrogen-bond donors (Lipinski definition) is 1. The third-order valence-electron chi connectivity index (χ3n) is 2.89. The largest absolute Gasteiger partial charge is 0.484 e. The first kappa shape index (κ1) is 10.1. The molecule has 2 heterocycles. The van der Waals surface area contributed by atoms with Crippen LogP contribution in [-0.2, 0) is 0 Å². The smallest absolute Gasteiger partial charge is 0.202 e. The van der Waals surface area contributed by atoms with E-state index in [1.165, 1.54) is 0 Å². The number of nitrogens with two attached hydrogens (primary N) is 1. The molecule has 0 amide bonds. The maximum absolute atomic E-state index is 6.09. The van der Waals surface area contributed by atoms with Gasteiger partial charge >= 0.3 is 0 Å². The van der Waals surface area contributed by atoms with Gasteiger partial charge in [0.25, 0.3) is 0 Å². The number of halogens is 1. The van der Waals surface area contributed by atoms with E-state index in [0.717, 1.165) is 12.8 Å². The molecule has 1 aromatic heterocycles. The van der Waals surface area contributed by atoms with Crippen LogP contribution in [0.5, 0.6) is 11.5 Å². The summed E-state index contributed by atoms with van der Waals surface area (Å²) in [6, 6.07) is -0.125. The van der Waals surface area contributed by atoms with Crippen LogP contribution in [0.1, 0.15) is 24.6 Å². The lowest BCUT2D eigenvalue weighted by atomic mass is 10.1. The summed E-state index contributed by atoms with van der Waals surface area (Å²) in [6.45, 7) is 0.982. The maximum atomic E-state index is 6.09. The average Bonchev–Trinajstić information content (AvgIpc) is 3.13. The van der Waals surface area contributed by atoms with Crippen molar-refractivity contribution >= 4 is 11.6 Å². The van der Waals surface area contributed by atoms with E-state index < -0.39 is 0 Å². The number of ether oxygens (including phenoxy) is 2. The van der Waals surface area contributed by atoms with Crippen molar-refractivity contribution in [1.82, 2.24) is 10.2 Å². The summed E-state index contributed by atoms with van der Waals surface area (Å²) in [6.07, 6.45) is 2.28. The summed E-state index contributed by atoms with van der Waals surface area (Å²) < 4.78 is 11.0. The molecule has 0 saturated heterocycles. The molecule has 1 unspecified atom stereocenters. The molecule has 0 aromatic carbocycles. The van der Waals surface area contributed by atoms with Gasteiger partial charge in [0, 0.05) is 0 Å². The Hall–Kier alpha value is -1.07. The molecular formula is C10H12ClN3O2. The summed E-state index contributed by atoms with van der Waals surface area (Å²) in [5, 5.41) is 8.13. The molecule has 3 rings (SSSR count). The van der Waals surface area contributed by atoms with E-state index in [9.17, 15) is 0 Å². The van der Waals surface area contributed by atoms with Crippen LogP contribution >= 0.6 is 11.6 Å². The molecule has 2 N–H and O–H groups in total. The van der Waals surface area contributed by atoms with E-state index in [-0.39, 0.29) is 11.2 Å². The van der Waals surface area contributed by atoms with Crippen LogP contribution in [0.4, 0.5) is 0 Å². The fourth-order valence-electron chi connectivity index (χ4n) is 1.85. The predicted octanol–water partition coefficient (Wildman–Crippen LogP) is 1.31. The normalized spacial score (nSPS) is 20.6. The van der Waals surface area contributed by atoms with Crippen molar-refractivity contribution in [2.45, 2.75) is 18.9 Å². The fraction of sp³-hybridized carbons (Fsp3) is 0.600. The minimum absolute atomic E-state index is 0.125. The Morgan fingerprint density at radius 3 is 2.56 bits per heavy atom. The van der Waals surface area contributed by atoms with Crippen LogP contribution in [0.2, 0.25) is 5.15 Å². The van der Waals surface area contributed by atoms with Crippen LogP contribution in [0.15, 0.2) is 0 Å². The van der Waals surface area contributed by atoms with E-state index in [0.29, 0.717) is 36.3 Å². The number of hydrogen-bond acceptors (Lipinski definition) is 5. The summed E-state index contributed by atoms with van der Waals surface area (Å²) in [5.74, 6) is 1.55. The predicted molar refractivity (Wildman–Crippen MR) is 57.7 cm³/mol. The number of nitrogens with zero attached hydrogens (tertiary/aromatic N) is 2. The number of fused-ring (bicyclic) bond motifs is 1. The van der Waals surface area contributed by atoms with Crippen LogP contribution in [0.3, 0.4) is 0 Å². The van der Waals surface area contributed by atoms with Crippen molar-refractivity contribution in [1.29, 1.82) is 0 Å². The Bertz CT molecular complexity index is 423. The minimum atomic E-state index is -0.125. The van der Waals surface area contributed by atoms with Gasteiger partial charge in [0.05, 0.1) is 6.04 Å². The van der Waals surface area contributed by atoms with Crippen LogP contribution in [-0.4, -0.2) is 23.4 Å². The average molecular weight is 242 g/mol. The van der Waals surface area contributed by atoms with E-state index >= 15 is 0 Å². The Morgan fingerprint density at radius 1 is 1.19 bits per heavy atom. The molecule has 1 fully saturated rings. The van der Waals surface area contributed by atoms with Gasteiger partial charge in [-0.2, -0.15) is 0 Å². The molecule has 1 atom stereocenters. The molecule has 16 heavy (non-hydrogen) atoms. The van der Waals surface area contributed by atoms with Crippen molar-refractivity contribution < 1.29 is 9.47 Å². The van der Waals surface area contributed by atoms with Gasteiger partial charge in [-0.15, -0.1) is 10.2 Å². The zero-order valence-corrected chi connectivity index (χ0v) is 9.41. The summed E-state index contributed by atoms with van der Waals surface area (Å²) >= 11 is 5.89.